The van der Waals surface area contributed by atoms with E-state index in [1.54, 1.807) is 0 Å². The number of rotatable bonds is 3. The Balaban J connectivity index is 1.58. The van der Waals surface area contributed by atoms with Gasteiger partial charge in [0, 0.05) is 50.3 Å². The first-order chi connectivity index (χ1) is 9.20. The molecule has 4 heterocycles. The zero-order chi connectivity index (χ0) is 13.4. The molecular weight excluding hydrogens is 240 g/mol. The highest BCUT2D eigenvalue weighted by molar-refractivity contribution is 5.80. The van der Waals surface area contributed by atoms with Gasteiger partial charge in [-0.1, -0.05) is 6.92 Å². The van der Waals surface area contributed by atoms with Crippen LogP contribution >= 0.6 is 0 Å². The van der Waals surface area contributed by atoms with Crippen LogP contribution in [0, 0.1) is 5.92 Å². The van der Waals surface area contributed by atoms with E-state index in [4.69, 9.17) is 4.74 Å². The summed E-state index contributed by atoms with van der Waals surface area (Å²) in [5.74, 6) is 0.641. The van der Waals surface area contributed by atoms with Crippen LogP contribution in [0.1, 0.15) is 39.5 Å². The van der Waals surface area contributed by atoms with E-state index in [9.17, 15) is 4.79 Å². The van der Waals surface area contributed by atoms with Gasteiger partial charge in [-0.15, -0.1) is 0 Å². The van der Waals surface area contributed by atoms with Crippen LogP contribution in [0.4, 0.5) is 0 Å². The molecule has 4 aliphatic rings. The maximum absolute atomic E-state index is 12.6. The van der Waals surface area contributed by atoms with Crippen molar-refractivity contribution in [3.8, 4) is 0 Å². The Kier molecular flexibility index (Phi) is 3.81. The zero-order valence-electron chi connectivity index (χ0n) is 12.2. The Bertz CT molecular complexity index is 329. The summed E-state index contributed by atoms with van der Waals surface area (Å²) in [5.41, 5.74) is 0. The average molecular weight is 266 g/mol. The van der Waals surface area contributed by atoms with Gasteiger partial charge in [-0.25, -0.2) is 0 Å². The summed E-state index contributed by atoms with van der Waals surface area (Å²) in [7, 11) is 0. The molecule has 0 aromatic rings. The highest BCUT2D eigenvalue weighted by Gasteiger charge is 2.48. The lowest BCUT2D eigenvalue weighted by Crippen LogP contribution is -2.71. The monoisotopic (exact) mass is 266 g/mol. The van der Waals surface area contributed by atoms with Crippen molar-refractivity contribution in [3.05, 3.63) is 0 Å². The van der Waals surface area contributed by atoms with E-state index in [1.807, 2.05) is 0 Å². The van der Waals surface area contributed by atoms with E-state index in [0.717, 1.165) is 39.1 Å². The second-order valence-corrected chi connectivity index (χ2v) is 6.39. The molecule has 0 N–H and O–H groups in total. The Morgan fingerprint density at radius 3 is 2.47 bits per heavy atom. The van der Waals surface area contributed by atoms with Crippen LogP contribution in [0.15, 0.2) is 0 Å². The highest BCUT2D eigenvalue weighted by Crippen LogP contribution is 2.36. The highest BCUT2D eigenvalue weighted by atomic mass is 16.5. The molecule has 19 heavy (non-hydrogen) atoms. The fourth-order valence-corrected chi connectivity index (χ4v) is 3.78. The number of hydrogen-bond acceptors (Lipinski definition) is 3. The molecule has 3 atom stereocenters. The van der Waals surface area contributed by atoms with Gasteiger partial charge in [0.25, 0.3) is 0 Å². The number of carbonyl (C=O) groups is 1. The lowest BCUT2D eigenvalue weighted by molar-refractivity contribution is -0.162. The van der Waals surface area contributed by atoms with Gasteiger partial charge >= 0.3 is 0 Å². The first kappa shape index (κ1) is 13.4. The Morgan fingerprint density at radius 2 is 1.89 bits per heavy atom. The smallest absolute Gasteiger partial charge is 0.226 e. The number of fused-ring (bicyclic) bond motifs is 2. The van der Waals surface area contributed by atoms with E-state index < -0.39 is 0 Å². The zero-order valence-corrected chi connectivity index (χ0v) is 12.2. The summed E-state index contributed by atoms with van der Waals surface area (Å²) in [5, 5.41) is 0. The second kappa shape index (κ2) is 5.41. The largest absolute Gasteiger partial charge is 0.381 e. The molecule has 0 spiro atoms. The van der Waals surface area contributed by atoms with Crippen molar-refractivity contribution in [1.29, 1.82) is 0 Å². The van der Waals surface area contributed by atoms with Gasteiger partial charge in [0.2, 0.25) is 5.91 Å². The number of piperazine rings is 1. The Morgan fingerprint density at radius 1 is 1.26 bits per heavy atom. The number of carbonyl (C=O) groups excluding carboxylic acids is 1. The van der Waals surface area contributed by atoms with Crippen LogP contribution in [-0.4, -0.2) is 60.1 Å². The van der Waals surface area contributed by atoms with Gasteiger partial charge in [-0.05, 0) is 32.6 Å². The molecule has 1 amide bonds. The third-order valence-corrected chi connectivity index (χ3v) is 5.26. The molecule has 0 aliphatic carbocycles. The van der Waals surface area contributed by atoms with Crippen molar-refractivity contribution < 1.29 is 9.53 Å². The molecule has 108 valence electrons. The minimum atomic E-state index is 0.231. The van der Waals surface area contributed by atoms with Gasteiger partial charge in [0.1, 0.15) is 0 Å². The summed E-state index contributed by atoms with van der Waals surface area (Å²) >= 11 is 0. The topological polar surface area (TPSA) is 32.8 Å². The standard InChI is InChI=1S/C15H26N2O2/c1-3-11(2)16-9-13-8-14(10-16)17(13)15(18)12-4-6-19-7-5-12/h11-14H,3-10H2,1-2H3. The van der Waals surface area contributed by atoms with Crippen molar-refractivity contribution in [2.45, 2.75) is 57.7 Å². The SMILES string of the molecule is CCC(C)N1CC2CC(C1)N2C(=O)C1CCOCC1. The molecule has 0 saturated carbocycles. The van der Waals surface area contributed by atoms with Gasteiger partial charge in [-0.2, -0.15) is 0 Å². The fourth-order valence-electron chi connectivity index (χ4n) is 3.78. The molecule has 3 unspecified atom stereocenters. The van der Waals surface area contributed by atoms with Gasteiger partial charge in [-0.3, -0.25) is 9.69 Å². The third-order valence-electron chi connectivity index (χ3n) is 5.26. The Hall–Kier alpha value is -0.610. The van der Waals surface area contributed by atoms with Crippen molar-refractivity contribution in [1.82, 2.24) is 9.80 Å². The molecule has 0 aromatic carbocycles. The van der Waals surface area contributed by atoms with Crippen molar-refractivity contribution >= 4 is 5.91 Å². The normalized spacial score (nSPS) is 33.9. The van der Waals surface area contributed by atoms with Gasteiger partial charge in [0.05, 0.1) is 0 Å². The third kappa shape index (κ3) is 2.40. The van der Waals surface area contributed by atoms with Crippen molar-refractivity contribution in [2.24, 2.45) is 5.92 Å². The molecule has 4 nitrogen and oxygen atoms in total. The summed E-state index contributed by atoms with van der Waals surface area (Å²) in [6, 6.07) is 1.64. The molecular formula is C15H26N2O2. The van der Waals surface area contributed by atoms with Crippen LogP contribution < -0.4 is 0 Å². The second-order valence-electron chi connectivity index (χ2n) is 6.39. The minimum Gasteiger partial charge on any atom is -0.381 e. The maximum atomic E-state index is 12.6. The summed E-state index contributed by atoms with van der Waals surface area (Å²) in [4.78, 5) is 17.4. The van der Waals surface area contributed by atoms with E-state index in [2.05, 4.69) is 23.6 Å². The lowest BCUT2D eigenvalue weighted by atomic mass is 9.84. The van der Waals surface area contributed by atoms with E-state index in [0.29, 0.717) is 24.0 Å². The van der Waals surface area contributed by atoms with Crippen molar-refractivity contribution in [3.63, 3.8) is 0 Å². The molecule has 4 fully saturated rings. The van der Waals surface area contributed by atoms with Crippen molar-refractivity contribution in [2.75, 3.05) is 26.3 Å². The number of hydrogen-bond donors (Lipinski definition) is 0. The average Bonchev–Trinajstić information content (AvgIpc) is 2.47. The molecule has 4 heteroatoms. The van der Waals surface area contributed by atoms with Crippen LogP contribution in [0.3, 0.4) is 0 Å². The number of nitrogens with zero attached hydrogens (tertiary/aromatic N) is 2. The first-order valence-corrected chi connectivity index (χ1v) is 7.84. The minimum absolute atomic E-state index is 0.231. The number of piperidine rings is 1. The summed E-state index contributed by atoms with van der Waals surface area (Å²) in [6.45, 7) is 8.24. The first-order valence-electron chi connectivity index (χ1n) is 7.84. The van der Waals surface area contributed by atoms with Crippen LogP contribution in [0.5, 0.6) is 0 Å². The quantitative estimate of drug-likeness (QED) is 0.776. The van der Waals surface area contributed by atoms with Gasteiger partial charge in [0.15, 0.2) is 0 Å². The predicted octanol–water partition coefficient (Wildman–Crippen LogP) is 1.50. The van der Waals surface area contributed by atoms with E-state index in [-0.39, 0.29) is 5.92 Å². The predicted molar refractivity (Wildman–Crippen MR) is 73.9 cm³/mol. The van der Waals surface area contributed by atoms with Crippen LogP contribution in [0.25, 0.3) is 0 Å². The maximum Gasteiger partial charge on any atom is 0.226 e. The fraction of sp³-hybridized carbons (Fsp3) is 0.933. The molecule has 0 aromatic heterocycles. The number of ether oxygens (including phenoxy) is 1. The van der Waals surface area contributed by atoms with Crippen LogP contribution in [0.2, 0.25) is 0 Å². The molecule has 2 bridgehead atoms. The Labute approximate surface area is 116 Å². The lowest BCUT2D eigenvalue weighted by Gasteiger charge is -2.58. The summed E-state index contributed by atoms with van der Waals surface area (Å²) in [6.07, 6.45) is 4.27. The molecule has 4 rings (SSSR count). The van der Waals surface area contributed by atoms with E-state index in [1.165, 1.54) is 12.8 Å². The summed E-state index contributed by atoms with van der Waals surface area (Å²) < 4.78 is 5.36. The molecule has 0 radical (unpaired) electrons. The molecule has 4 aliphatic heterocycles. The van der Waals surface area contributed by atoms with Crippen LogP contribution in [-0.2, 0) is 9.53 Å². The van der Waals surface area contributed by atoms with E-state index >= 15 is 0 Å². The number of amides is 1. The van der Waals surface area contributed by atoms with Gasteiger partial charge < -0.3 is 9.64 Å². The molecule has 4 saturated heterocycles.